The fraction of sp³-hybridized carbons (Fsp3) is 0.0500. The number of hydrogen-bond donors (Lipinski definition) is 3. The van der Waals surface area contributed by atoms with Crippen LogP contribution in [0.25, 0.3) is 33.9 Å². The molecule has 2 aromatic carbocycles. The second-order valence-corrected chi connectivity index (χ2v) is 6.05. The summed E-state index contributed by atoms with van der Waals surface area (Å²) in [7, 11) is 0. The summed E-state index contributed by atoms with van der Waals surface area (Å²) in [6, 6.07) is 15.5. The van der Waals surface area contributed by atoms with Crippen LogP contribution in [-0.2, 0) is 0 Å². The third-order valence-electron chi connectivity index (χ3n) is 4.22. The predicted octanol–water partition coefficient (Wildman–Crippen LogP) is 5.22. The highest BCUT2D eigenvalue weighted by Crippen LogP contribution is 2.43. The van der Waals surface area contributed by atoms with E-state index in [4.69, 9.17) is 5.73 Å². The topological polar surface area (TPSA) is 79.7 Å². The monoisotopic (exact) mass is 384 g/mol. The number of rotatable bonds is 4. The molecule has 0 fully saturated rings. The molecule has 2 heterocycles. The predicted molar refractivity (Wildman–Crippen MR) is 100 cm³/mol. The van der Waals surface area contributed by atoms with Crippen LogP contribution in [0.5, 0.6) is 5.75 Å². The van der Waals surface area contributed by atoms with Gasteiger partial charge >= 0.3 is 6.36 Å². The van der Waals surface area contributed by atoms with Crippen LogP contribution in [0.3, 0.4) is 0 Å². The van der Waals surface area contributed by atoms with Crippen LogP contribution in [0.2, 0.25) is 0 Å². The number of nitrogens with two attached hydrogens (primary N) is 1. The van der Waals surface area contributed by atoms with E-state index in [9.17, 15) is 13.2 Å². The Hall–Kier alpha value is -3.68. The van der Waals surface area contributed by atoms with Crippen molar-refractivity contribution >= 4 is 5.69 Å². The maximum Gasteiger partial charge on any atom is 0.573 e. The number of aromatic nitrogens is 3. The van der Waals surface area contributed by atoms with Crippen LogP contribution in [0.1, 0.15) is 0 Å². The SMILES string of the molecule is Nc1c(-c2cnc(-c3ccc[nH]3)[nH]2)ccc(-c2ccccc2)c1OC(F)(F)F. The molecule has 0 aliphatic heterocycles. The zero-order chi connectivity index (χ0) is 19.7. The zero-order valence-corrected chi connectivity index (χ0v) is 14.4. The van der Waals surface area contributed by atoms with Crippen molar-refractivity contribution in [1.29, 1.82) is 0 Å². The number of anilines is 1. The van der Waals surface area contributed by atoms with Crippen molar-refractivity contribution in [3.63, 3.8) is 0 Å². The van der Waals surface area contributed by atoms with E-state index >= 15 is 0 Å². The molecule has 0 spiro atoms. The standard InChI is InChI=1S/C20H15F3N4O/c21-20(22,23)28-18-13(12-5-2-1-3-6-12)8-9-14(17(18)24)16-11-26-19(27-16)15-7-4-10-25-15/h1-11,25H,24H2,(H,26,27). The molecule has 142 valence electrons. The summed E-state index contributed by atoms with van der Waals surface area (Å²) >= 11 is 0. The van der Waals surface area contributed by atoms with Crippen molar-refractivity contribution in [2.75, 3.05) is 5.73 Å². The lowest BCUT2D eigenvalue weighted by Gasteiger charge is -2.17. The van der Waals surface area contributed by atoms with Crippen LogP contribution in [0.4, 0.5) is 18.9 Å². The van der Waals surface area contributed by atoms with Gasteiger partial charge in [0.05, 0.1) is 23.3 Å². The minimum atomic E-state index is -4.88. The Bertz CT molecular complexity index is 1090. The summed E-state index contributed by atoms with van der Waals surface area (Å²) in [5.74, 6) is 0.108. The minimum absolute atomic E-state index is 0.125. The lowest BCUT2D eigenvalue weighted by Crippen LogP contribution is -2.19. The number of halogens is 3. The van der Waals surface area contributed by atoms with Crippen LogP contribution in [-0.4, -0.2) is 21.3 Å². The highest BCUT2D eigenvalue weighted by molar-refractivity contribution is 5.87. The molecule has 0 unspecified atom stereocenters. The van der Waals surface area contributed by atoms with E-state index in [-0.39, 0.29) is 11.3 Å². The highest BCUT2D eigenvalue weighted by atomic mass is 19.4. The van der Waals surface area contributed by atoms with Gasteiger partial charge in [0.1, 0.15) is 0 Å². The van der Waals surface area contributed by atoms with Gasteiger partial charge in [-0.05, 0) is 29.8 Å². The van der Waals surface area contributed by atoms with Gasteiger partial charge in [-0.25, -0.2) is 4.98 Å². The zero-order valence-electron chi connectivity index (χ0n) is 14.4. The molecular formula is C20H15F3N4O. The van der Waals surface area contributed by atoms with Crippen molar-refractivity contribution in [2.45, 2.75) is 6.36 Å². The van der Waals surface area contributed by atoms with Crippen LogP contribution >= 0.6 is 0 Å². The van der Waals surface area contributed by atoms with Gasteiger partial charge in [-0.1, -0.05) is 30.3 Å². The first kappa shape index (κ1) is 17.7. The van der Waals surface area contributed by atoms with Gasteiger partial charge in [0.15, 0.2) is 11.6 Å². The molecule has 8 heteroatoms. The molecule has 4 aromatic rings. The van der Waals surface area contributed by atoms with Crippen LogP contribution in [0, 0.1) is 0 Å². The van der Waals surface area contributed by atoms with Crippen molar-refractivity contribution in [2.24, 2.45) is 0 Å². The quantitative estimate of drug-likeness (QED) is 0.422. The molecular weight excluding hydrogens is 369 g/mol. The summed E-state index contributed by atoms with van der Waals surface area (Å²) in [6.07, 6.45) is -1.61. The second kappa shape index (κ2) is 6.80. The van der Waals surface area contributed by atoms with Crippen molar-refractivity contribution in [3.05, 3.63) is 67.0 Å². The van der Waals surface area contributed by atoms with Gasteiger partial charge in [-0.15, -0.1) is 13.2 Å². The molecule has 0 aliphatic rings. The molecule has 4 rings (SSSR count). The van der Waals surface area contributed by atoms with Gasteiger partial charge in [0, 0.05) is 17.3 Å². The molecule has 4 N–H and O–H groups in total. The number of hydrogen-bond acceptors (Lipinski definition) is 3. The smallest absolute Gasteiger partial charge is 0.403 e. The summed E-state index contributed by atoms with van der Waals surface area (Å²) in [6.45, 7) is 0. The summed E-state index contributed by atoms with van der Waals surface area (Å²) in [4.78, 5) is 10.3. The molecule has 0 aliphatic carbocycles. The van der Waals surface area contributed by atoms with Gasteiger partial charge in [0.25, 0.3) is 0 Å². The van der Waals surface area contributed by atoms with Crippen LogP contribution in [0.15, 0.2) is 67.0 Å². The number of imidazole rings is 1. The summed E-state index contributed by atoms with van der Waals surface area (Å²) < 4.78 is 43.4. The Morgan fingerprint density at radius 2 is 1.64 bits per heavy atom. The second-order valence-electron chi connectivity index (χ2n) is 6.05. The number of nitrogen functional groups attached to an aromatic ring is 1. The average molecular weight is 384 g/mol. The maximum atomic E-state index is 13.0. The molecule has 28 heavy (non-hydrogen) atoms. The van der Waals surface area contributed by atoms with Gasteiger partial charge in [0.2, 0.25) is 0 Å². The number of alkyl halides is 3. The average Bonchev–Trinajstić information content (AvgIpc) is 3.34. The van der Waals surface area contributed by atoms with E-state index in [2.05, 4.69) is 19.7 Å². The van der Waals surface area contributed by atoms with E-state index in [1.165, 1.54) is 6.20 Å². The first-order chi connectivity index (χ1) is 13.4. The number of benzene rings is 2. The van der Waals surface area contributed by atoms with Crippen molar-refractivity contribution in [1.82, 2.24) is 15.0 Å². The van der Waals surface area contributed by atoms with Crippen molar-refractivity contribution in [3.8, 4) is 39.7 Å². The molecule has 0 saturated carbocycles. The minimum Gasteiger partial charge on any atom is -0.403 e. The van der Waals surface area contributed by atoms with Crippen LogP contribution < -0.4 is 10.5 Å². The number of nitrogens with one attached hydrogen (secondary N) is 2. The summed E-state index contributed by atoms with van der Waals surface area (Å²) in [5.41, 5.74) is 8.40. The fourth-order valence-corrected chi connectivity index (χ4v) is 2.98. The molecule has 0 radical (unpaired) electrons. The van der Waals surface area contributed by atoms with Gasteiger partial charge in [-0.2, -0.15) is 0 Å². The lowest BCUT2D eigenvalue weighted by molar-refractivity contribution is -0.274. The molecule has 0 amide bonds. The van der Waals surface area contributed by atoms with E-state index in [0.29, 0.717) is 22.6 Å². The Balaban J connectivity index is 1.82. The third kappa shape index (κ3) is 3.44. The molecule has 0 atom stereocenters. The number of aromatic amines is 2. The molecule has 0 bridgehead atoms. The number of H-pyrrole nitrogens is 2. The van der Waals surface area contributed by atoms with E-state index < -0.39 is 12.1 Å². The molecule has 5 nitrogen and oxygen atoms in total. The van der Waals surface area contributed by atoms with E-state index in [0.717, 1.165) is 5.69 Å². The lowest BCUT2D eigenvalue weighted by atomic mass is 9.99. The first-order valence-corrected chi connectivity index (χ1v) is 8.35. The normalized spacial score (nSPS) is 11.5. The number of nitrogens with zero attached hydrogens (tertiary/aromatic N) is 1. The number of ether oxygens (including phenoxy) is 1. The Morgan fingerprint density at radius 3 is 2.32 bits per heavy atom. The Morgan fingerprint density at radius 1 is 0.893 bits per heavy atom. The molecule has 2 aromatic heterocycles. The first-order valence-electron chi connectivity index (χ1n) is 8.35. The van der Waals surface area contributed by atoms with Gasteiger partial charge in [-0.3, -0.25) is 0 Å². The van der Waals surface area contributed by atoms with Gasteiger partial charge < -0.3 is 20.4 Å². The highest BCUT2D eigenvalue weighted by Gasteiger charge is 2.34. The Kier molecular flexibility index (Phi) is 4.31. The van der Waals surface area contributed by atoms with E-state index in [1.807, 2.05) is 12.1 Å². The van der Waals surface area contributed by atoms with E-state index in [1.54, 1.807) is 48.7 Å². The molecule has 0 saturated heterocycles. The third-order valence-corrected chi connectivity index (χ3v) is 4.22. The van der Waals surface area contributed by atoms with Crippen molar-refractivity contribution < 1.29 is 17.9 Å². The Labute approximate surface area is 158 Å². The maximum absolute atomic E-state index is 13.0. The summed E-state index contributed by atoms with van der Waals surface area (Å²) in [5, 5.41) is 0. The largest absolute Gasteiger partial charge is 0.573 e. The fourth-order valence-electron chi connectivity index (χ4n) is 2.98.